The van der Waals surface area contributed by atoms with Crippen molar-refractivity contribution in [1.82, 2.24) is 4.31 Å². The molecule has 1 fully saturated rings. The van der Waals surface area contributed by atoms with E-state index in [1.807, 2.05) is 6.07 Å². The van der Waals surface area contributed by atoms with Crippen molar-refractivity contribution in [3.8, 4) is 5.75 Å². The molecule has 34 heavy (non-hydrogen) atoms. The van der Waals surface area contributed by atoms with Gasteiger partial charge in [-0.15, -0.1) is 0 Å². The number of ketones is 1. The molecule has 176 valence electrons. The summed E-state index contributed by atoms with van der Waals surface area (Å²) in [5.74, 6) is 0.186. The first-order valence-electron chi connectivity index (χ1n) is 11.3. The molecular formula is C27H27NO5S. The summed E-state index contributed by atoms with van der Waals surface area (Å²) in [6, 6.07) is 21.1. The number of ether oxygens (including phenoxy) is 1. The van der Waals surface area contributed by atoms with Crippen LogP contribution in [-0.4, -0.2) is 37.6 Å². The summed E-state index contributed by atoms with van der Waals surface area (Å²) in [6.07, 6.45) is 1.01. The summed E-state index contributed by atoms with van der Waals surface area (Å²) in [7, 11) is -3.62. The van der Waals surface area contributed by atoms with Crippen LogP contribution in [0.25, 0.3) is 0 Å². The molecule has 1 aliphatic heterocycles. The second-order valence-electron chi connectivity index (χ2n) is 8.90. The monoisotopic (exact) mass is 477 g/mol. The SMILES string of the molecule is CC1CC(C)CN(S(=O)(=O)c2ccc(C(=O)Oc3ccc(C(=O)c4ccccc4)cc3)cc2)C1. The molecule has 2 unspecified atom stereocenters. The number of nitrogens with zero attached hydrogens (tertiary/aromatic N) is 1. The number of carbonyl (C=O) groups excluding carboxylic acids is 2. The van der Waals surface area contributed by atoms with Crippen LogP contribution in [0, 0.1) is 11.8 Å². The smallest absolute Gasteiger partial charge is 0.343 e. The minimum Gasteiger partial charge on any atom is -0.423 e. The van der Waals surface area contributed by atoms with Gasteiger partial charge < -0.3 is 4.74 Å². The Morgan fingerprint density at radius 3 is 1.88 bits per heavy atom. The van der Waals surface area contributed by atoms with Gasteiger partial charge in [-0.3, -0.25) is 4.79 Å². The molecule has 0 saturated carbocycles. The zero-order valence-corrected chi connectivity index (χ0v) is 20.0. The predicted molar refractivity (Wildman–Crippen MR) is 129 cm³/mol. The van der Waals surface area contributed by atoms with Gasteiger partial charge >= 0.3 is 5.97 Å². The van der Waals surface area contributed by atoms with Crippen molar-refractivity contribution in [3.63, 3.8) is 0 Å². The largest absolute Gasteiger partial charge is 0.423 e. The number of benzene rings is 3. The molecular weight excluding hydrogens is 450 g/mol. The lowest BCUT2D eigenvalue weighted by molar-refractivity contribution is 0.0734. The second-order valence-corrected chi connectivity index (χ2v) is 10.8. The van der Waals surface area contributed by atoms with E-state index < -0.39 is 16.0 Å². The van der Waals surface area contributed by atoms with Gasteiger partial charge in [0.2, 0.25) is 10.0 Å². The molecule has 6 nitrogen and oxygen atoms in total. The van der Waals surface area contributed by atoms with Crippen molar-refractivity contribution in [2.24, 2.45) is 11.8 Å². The van der Waals surface area contributed by atoms with Gasteiger partial charge in [0, 0.05) is 24.2 Å². The fourth-order valence-electron chi connectivity index (χ4n) is 4.31. The lowest BCUT2D eigenvalue weighted by atomic mass is 9.94. The summed E-state index contributed by atoms with van der Waals surface area (Å²) < 4.78 is 33.0. The van der Waals surface area contributed by atoms with E-state index in [0.717, 1.165) is 6.42 Å². The Balaban J connectivity index is 1.42. The number of rotatable bonds is 6. The van der Waals surface area contributed by atoms with E-state index in [-0.39, 0.29) is 16.2 Å². The molecule has 0 bridgehead atoms. The van der Waals surface area contributed by atoms with E-state index in [1.54, 1.807) is 48.5 Å². The zero-order valence-electron chi connectivity index (χ0n) is 19.2. The lowest BCUT2D eigenvalue weighted by Crippen LogP contribution is -2.42. The average Bonchev–Trinajstić information content (AvgIpc) is 2.84. The van der Waals surface area contributed by atoms with Gasteiger partial charge in [0.25, 0.3) is 0 Å². The molecule has 0 N–H and O–H groups in total. The highest BCUT2D eigenvalue weighted by Crippen LogP contribution is 2.27. The van der Waals surface area contributed by atoms with E-state index in [4.69, 9.17) is 4.74 Å². The predicted octanol–water partition coefficient (Wildman–Crippen LogP) is 4.80. The maximum Gasteiger partial charge on any atom is 0.343 e. The van der Waals surface area contributed by atoms with Crippen LogP contribution in [0.5, 0.6) is 5.75 Å². The summed E-state index contributed by atoms with van der Waals surface area (Å²) in [5, 5.41) is 0. The molecule has 0 aliphatic carbocycles. The van der Waals surface area contributed by atoms with Crippen LogP contribution in [-0.2, 0) is 10.0 Å². The molecule has 4 rings (SSSR count). The summed E-state index contributed by atoms with van der Waals surface area (Å²) in [4.78, 5) is 25.2. The third-order valence-electron chi connectivity index (χ3n) is 5.93. The van der Waals surface area contributed by atoms with Gasteiger partial charge in [0.15, 0.2) is 5.78 Å². The minimum atomic E-state index is -3.62. The molecule has 0 radical (unpaired) electrons. The Bertz CT molecular complexity index is 1260. The molecule has 1 heterocycles. The number of sulfonamides is 1. The molecule has 3 aromatic carbocycles. The van der Waals surface area contributed by atoms with Crippen molar-refractivity contribution < 1.29 is 22.7 Å². The van der Waals surface area contributed by atoms with Gasteiger partial charge in [-0.1, -0.05) is 44.2 Å². The first kappa shape index (κ1) is 23.9. The molecule has 0 spiro atoms. The highest BCUT2D eigenvalue weighted by molar-refractivity contribution is 7.89. The van der Waals surface area contributed by atoms with Crippen molar-refractivity contribution >= 4 is 21.8 Å². The van der Waals surface area contributed by atoms with Crippen LogP contribution in [0.4, 0.5) is 0 Å². The van der Waals surface area contributed by atoms with E-state index in [1.165, 1.54) is 28.6 Å². The van der Waals surface area contributed by atoms with E-state index in [9.17, 15) is 18.0 Å². The Morgan fingerprint density at radius 2 is 1.29 bits per heavy atom. The van der Waals surface area contributed by atoms with Gasteiger partial charge in [0.1, 0.15) is 5.75 Å². The first-order chi connectivity index (χ1) is 16.2. The van der Waals surface area contributed by atoms with E-state index in [2.05, 4.69) is 13.8 Å². The van der Waals surface area contributed by atoms with Crippen LogP contribution in [0.15, 0.2) is 83.8 Å². The van der Waals surface area contributed by atoms with Gasteiger partial charge in [-0.05, 0) is 66.8 Å². The standard InChI is InChI=1S/C27H27NO5S/c1-19-16-20(2)18-28(17-19)34(31,32)25-14-10-23(11-15-25)27(30)33-24-12-8-22(9-13-24)26(29)21-6-4-3-5-7-21/h3-15,19-20H,16-18H2,1-2H3. The highest BCUT2D eigenvalue weighted by atomic mass is 32.2. The summed E-state index contributed by atoms with van der Waals surface area (Å²) >= 11 is 0. The number of piperidine rings is 1. The van der Waals surface area contributed by atoms with Crippen molar-refractivity contribution in [2.75, 3.05) is 13.1 Å². The topological polar surface area (TPSA) is 80.8 Å². The quantitative estimate of drug-likeness (QED) is 0.289. The van der Waals surface area contributed by atoms with Crippen molar-refractivity contribution in [3.05, 3.63) is 95.6 Å². The van der Waals surface area contributed by atoms with Crippen LogP contribution >= 0.6 is 0 Å². The molecule has 0 aromatic heterocycles. The van der Waals surface area contributed by atoms with Crippen molar-refractivity contribution in [2.45, 2.75) is 25.2 Å². The Morgan fingerprint density at radius 1 is 0.765 bits per heavy atom. The van der Waals surface area contributed by atoms with Crippen LogP contribution in [0.2, 0.25) is 0 Å². The number of hydrogen-bond donors (Lipinski definition) is 0. The van der Waals surface area contributed by atoms with E-state index >= 15 is 0 Å². The summed E-state index contributed by atoms with van der Waals surface area (Å²) in [6.45, 7) is 5.11. The summed E-state index contributed by atoms with van der Waals surface area (Å²) in [5.41, 5.74) is 1.31. The van der Waals surface area contributed by atoms with Crippen molar-refractivity contribution in [1.29, 1.82) is 0 Å². The van der Waals surface area contributed by atoms with Gasteiger partial charge in [-0.25, -0.2) is 13.2 Å². The van der Waals surface area contributed by atoms with Gasteiger partial charge in [-0.2, -0.15) is 4.31 Å². The fourth-order valence-corrected chi connectivity index (χ4v) is 5.99. The van der Waals surface area contributed by atoms with E-state index in [0.29, 0.717) is 41.8 Å². The molecule has 1 aliphatic rings. The maximum absolute atomic E-state index is 13.0. The fraction of sp³-hybridized carbons (Fsp3) is 0.259. The third kappa shape index (κ3) is 5.26. The average molecular weight is 478 g/mol. The Kier molecular flexibility index (Phi) is 6.95. The molecule has 2 atom stereocenters. The van der Waals surface area contributed by atoms with Gasteiger partial charge in [0.05, 0.1) is 10.5 Å². The Labute approximate surface area is 200 Å². The number of esters is 1. The van der Waals surface area contributed by atoms with Crippen LogP contribution < -0.4 is 4.74 Å². The first-order valence-corrected chi connectivity index (χ1v) is 12.7. The highest BCUT2D eigenvalue weighted by Gasteiger charge is 2.31. The Hall–Kier alpha value is -3.29. The molecule has 0 amide bonds. The third-order valence-corrected chi connectivity index (χ3v) is 7.77. The number of carbonyl (C=O) groups is 2. The number of hydrogen-bond acceptors (Lipinski definition) is 5. The lowest BCUT2D eigenvalue weighted by Gasteiger charge is -2.34. The molecule has 3 aromatic rings. The molecule has 1 saturated heterocycles. The minimum absolute atomic E-state index is 0.118. The molecule has 7 heteroatoms. The second kappa shape index (κ2) is 9.91. The van der Waals surface area contributed by atoms with Crippen LogP contribution in [0.3, 0.4) is 0 Å². The normalized spacial score (nSPS) is 18.9. The zero-order chi connectivity index (χ0) is 24.3. The maximum atomic E-state index is 13.0. The van der Waals surface area contributed by atoms with Crippen LogP contribution in [0.1, 0.15) is 46.5 Å².